The first kappa shape index (κ1) is 9.58. The van der Waals surface area contributed by atoms with Crippen LogP contribution >= 0.6 is 12.6 Å². The third-order valence-electron chi connectivity index (χ3n) is 0.829. The van der Waals surface area contributed by atoms with Gasteiger partial charge in [-0.3, -0.25) is 4.99 Å². The average Bonchev–Trinajstić information content (AvgIpc) is 1.97. The molecule has 0 fully saturated rings. The molecule has 0 saturated heterocycles. The molecule has 0 aliphatic carbocycles. The molecule has 0 unspecified atom stereocenters. The van der Waals surface area contributed by atoms with Gasteiger partial charge in [0, 0.05) is 18.8 Å². The molecule has 5 N–H and O–H groups in total. The van der Waals surface area contributed by atoms with Crippen LogP contribution in [-0.4, -0.2) is 31.3 Å². The van der Waals surface area contributed by atoms with Crippen LogP contribution in [0.5, 0.6) is 0 Å². The fraction of sp³-hybridized carbons (Fsp3) is 0.800. The van der Waals surface area contributed by atoms with E-state index in [0.29, 0.717) is 19.0 Å². The Morgan fingerprint density at radius 3 is 2.80 bits per heavy atom. The molecule has 0 aliphatic rings. The fourth-order valence-corrected chi connectivity index (χ4v) is 0.537. The maximum atomic E-state index is 5.40. The predicted octanol–water partition coefficient (Wildman–Crippen LogP) is -1.22. The topological polar surface area (TPSA) is 76.4 Å². The molecule has 0 amide bonds. The van der Waals surface area contributed by atoms with E-state index in [1.807, 2.05) is 0 Å². The van der Waals surface area contributed by atoms with E-state index in [0.717, 1.165) is 12.3 Å². The van der Waals surface area contributed by atoms with Crippen LogP contribution in [0.1, 0.15) is 0 Å². The highest BCUT2D eigenvalue weighted by atomic mass is 32.1. The lowest BCUT2D eigenvalue weighted by Gasteiger charge is -2.01. The Labute approximate surface area is 66.5 Å². The van der Waals surface area contributed by atoms with E-state index in [4.69, 9.17) is 11.5 Å². The van der Waals surface area contributed by atoms with Crippen molar-refractivity contribution in [3.63, 3.8) is 0 Å². The highest BCUT2D eigenvalue weighted by molar-refractivity contribution is 7.80. The van der Waals surface area contributed by atoms with Crippen molar-refractivity contribution in [3.8, 4) is 0 Å². The number of rotatable bonds is 4. The zero-order chi connectivity index (χ0) is 7.82. The standard InChI is InChI=1S/C5H14N4S/c6-1-2-8-5(7)9-3-4-10/h10H,1-4,6H2,(H3,7,8,9). The van der Waals surface area contributed by atoms with Crippen LogP contribution in [0, 0.1) is 0 Å². The Hall–Kier alpha value is -0.420. The van der Waals surface area contributed by atoms with Gasteiger partial charge in [0.05, 0.1) is 6.54 Å². The Kier molecular flexibility index (Phi) is 6.42. The molecular weight excluding hydrogens is 148 g/mol. The molecule has 0 bridgehead atoms. The first-order valence-corrected chi connectivity index (χ1v) is 3.79. The summed E-state index contributed by atoms with van der Waals surface area (Å²) in [5, 5.41) is 2.86. The highest BCUT2D eigenvalue weighted by Gasteiger charge is 1.85. The second-order valence-electron chi connectivity index (χ2n) is 1.71. The normalized spacial score (nSPS) is 11.6. The van der Waals surface area contributed by atoms with Crippen molar-refractivity contribution in [2.24, 2.45) is 16.5 Å². The van der Waals surface area contributed by atoms with Crippen molar-refractivity contribution in [1.29, 1.82) is 0 Å². The molecule has 4 nitrogen and oxygen atoms in total. The summed E-state index contributed by atoms with van der Waals surface area (Å²) < 4.78 is 0. The smallest absolute Gasteiger partial charge is 0.188 e. The number of nitrogens with one attached hydrogen (secondary N) is 1. The summed E-state index contributed by atoms with van der Waals surface area (Å²) in [6.07, 6.45) is 0. The van der Waals surface area contributed by atoms with Gasteiger partial charge in [-0.1, -0.05) is 0 Å². The number of guanidine groups is 1. The number of nitrogens with two attached hydrogens (primary N) is 2. The summed E-state index contributed by atoms with van der Waals surface area (Å²) in [5.74, 6) is 1.19. The number of hydrogen-bond donors (Lipinski definition) is 4. The summed E-state index contributed by atoms with van der Waals surface area (Å²) >= 11 is 3.99. The lowest BCUT2D eigenvalue weighted by Crippen LogP contribution is -2.33. The van der Waals surface area contributed by atoms with E-state index in [1.165, 1.54) is 0 Å². The monoisotopic (exact) mass is 162 g/mol. The van der Waals surface area contributed by atoms with E-state index in [9.17, 15) is 0 Å². The van der Waals surface area contributed by atoms with Gasteiger partial charge in [-0.25, -0.2) is 0 Å². The van der Waals surface area contributed by atoms with Crippen LogP contribution in [0.2, 0.25) is 0 Å². The highest BCUT2D eigenvalue weighted by Crippen LogP contribution is 1.69. The number of aliphatic imine (C=N–C) groups is 1. The molecule has 60 valence electrons. The van der Waals surface area contributed by atoms with Gasteiger partial charge in [-0.05, 0) is 0 Å². The lowest BCUT2D eigenvalue weighted by molar-refractivity contribution is 0.916. The van der Waals surface area contributed by atoms with Crippen LogP contribution < -0.4 is 16.8 Å². The zero-order valence-corrected chi connectivity index (χ0v) is 6.77. The van der Waals surface area contributed by atoms with Crippen LogP contribution in [0.4, 0.5) is 0 Å². The Morgan fingerprint density at radius 2 is 2.30 bits per heavy atom. The van der Waals surface area contributed by atoms with E-state index < -0.39 is 0 Å². The molecule has 0 aromatic heterocycles. The Morgan fingerprint density at radius 1 is 1.60 bits per heavy atom. The number of hydrogen-bond acceptors (Lipinski definition) is 3. The summed E-state index contributed by atoms with van der Waals surface area (Å²) in [4.78, 5) is 3.90. The van der Waals surface area contributed by atoms with Crippen molar-refractivity contribution in [2.45, 2.75) is 0 Å². The lowest BCUT2D eigenvalue weighted by atomic mass is 10.6. The van der Waals surface area contributed by atoms with Gasteiger partial charge in [-0.2, -0.15) is 12.6 Å². The van der Waals surface area contributed by atoms with Crippen LogP contribution in [-0.2, 0) is 0 Å². The molecule has 0 aromatic carbocycles. The second-order valence-corrected chi connectivity index (χ2v) is 2.15. The minimum Gasteiger partial charge on any atom is -0.370 e. The summed E-state index contributed by atoms with van der Waals surface area (Å²) in [7, 11) is 0. The number of nitrogens with zero attached hydrogens (tertiary/aromatic N) is 1. The van der Waals surface area contributed by atoms with Gasteiger partial charge in [0.2, 0.25) is 0 Å². The molecule has 0 heterocycles. The van der Waals surface area contributed by atoms with Crippen LogP contribution in [0.25, 0.3) is 0 Å². The van der Waals surface area contributed by atoms with Crippen LogP contribution in [0.15, 0.2) is 4.99 Å². The van der Waals surface area contributed by atoms with Crippen molar-refractivity contribution >= 4 is 18.6 Å². The first-order chi connectivity index (χ1) is 4.81. The summed E-state index contributed by atoms with van der Waals surface area (Å²) in [6.45, 7) is 1.84. The summed E-state index contributed by atoms with van der Waals surface area (Å²) in [6, 6.07) is 0. The molecule has 0 spiro atoms. The van der Waals surface area contributed by atoms with Crippen molar-refractivity contribution in [1.82, 2.24) is 5.32 Å². The molecule has 0 saturated carbocycles. The zero-order valence-electron chi connectivity index (χ0n) is 5.88. The van der Waals surface area contributed by atoms with E-state index in [-0.39, 0.29) is 0 Å². The molecular formula is C5H14N4S. The average molecular weight is 162 g/mol. The predicted molar refractivity (Wildman–Crippen MR) is 47.4 cm³/mol. The third kappa shape index (κ3) is 5.71. The Bertz CT molecular complexity index is 104. The van der Waals surface area contributed by atoms with E-state index in [1.54, 1.807) is 0 Å². The minimum atomic E-state index is 0.444. The molecule has 0 atom stereocenters. The largest absolute Gasteiger partial charge is 0.370 e. The van der Waals surface area contributed by atoms with Crippen molar-refractivity contribution in [3.05, 3.63) is 0 Å². The third-order valence-corrected chi connectivity index (χ3v) is 1.05. The first-order valence-electron chi connectivity index (χ1n) is 3.16. The molecule has 0 rings (SSSR count). The van der Waals surface area contributed by atoms with E-state index >= 15 is 0 Å². The minimum absolute atomic E-state index is 0.444. The molecule has 0 aromatic rings. The van der Waals surface area contributed by atoms with Gasteiger partial charge in [0.15, 0.2) is 5.96 Å². The second kappa shape index (κ2) is 6.70. The molecule has 5 heteroatoms. The van der Waals surface area contributed by atoms with Gasteiger partial charge in [-0.15, -0.1) is 0 Å². The van der Waals surface area contributed by atoms with Gasteiger partial charge in [0.1, 0.15) is 0 Å². The van der Waals surface area contributed by atoms with Crippen LogP contribution in [0.3, 0.4) is 0 Å². The quantitative estimate of drug-likeness (QED) is 0.238. The summed E-state index contributed by atoms with van der Waals surface area (Å²) in [5.41, 5.74) is 10.6. The molecule has 0 aliphatic heterocycles. The van der Waals surface area contributed by atoms with Crippen molar-refractivity contribution < 1.29 is 0 Å². The Balaban J connectivity index is 3.30. The van der Waals surface area contributed by atoms with Gasteiger partial charge in [0.25, 0.3) is 0 Å². The van der Waals surface area contributed by atoms with Crippen molar-refractivity contribution in [2.75, 3.05) is 25.4 Å². The number of thiol groups is 1. The maximum absolute atomic E-state index is 5.40. The fourth-order valence-electron chi connectivity index (χ4n) is 0.425. The molecule has 10 heavy (non-hydrogen) atoms. The van der Waals surface area contributed by atoms with Gasteiger partial charge < -0.3 is 16.8 Å². The SMILES string of the molecule is NCCN=C(N)NCCS. The van der Waals surface area contributed by atoms with Gasteiger partial charge >= 0.3 is 0 Å². The maximum Gasteiger partial charge on any atom is 0.188 e. The molecule has 0 radical (unpaired) electrons. The van der Waals surface area contributed by atoms with E-state index in [2.05, 4.69) is 22.9 Å².